The van der Waals surface area contributed by atoms with Crippen LogP contribution >= 0.6 is 0 Å². The van der Waals surface area contributed by atoms with Crippen LogP contribution in [0, 0.1) is 0 Å². The molecule has 20 heteroatoms. The van der Waals surface area contributed by atoms with Crippen LogP contribution in [-0.4, -0.2) is 214 Å². The Bertz CT molecular complexity index is 957. The van der Waals surface area contributed by atoms with Crippen LogP contribution < -0.4 is 5.32 Å². The zero-order valence-electron chi connectivity index (χ0n) is 23.7. The van der Waals surface area contributed by atoms with E-state index in [-0.39, 0.29) is 11.9 Å². The second-order valence-electron chi connectivity index (χ2n) is 11.0. The van der Waals surface area contributed by atoms with Crippen LogP contribution in [0.15, 0.2) is 11.6 Å². The molecule has 2 aliphatic heterocycles. The fourth-order valence-electron chi connectivity index (χ4n) is 5.39. The fraction of sp³-hybridized carbons (Fsp3) is 0.880. The van der Waals surface area contributed by atoms with Crippen LogP contribution in [0.5, 0.6) is 0 Å². The molecule has 3 rings (SSSR count). The van der Waals surface area contributed by atoms with Crippen molar-refractivity contribution in [1.82, 2.24) is 5.32 Å². The molecule has 0 aromatic rings. The zero-order chi connectivity index (χ0) is 33.7. The first-order chi connectivity index (χ1) is 21.2. The number of ether oxygens (including phenoxy) is 4. The molecule has 2 heterocycles. The number of rotatable bonds is 14. The highest BCUT2D eigenvalue weighted by molar-refractivity contribution is 5.56. The molecule has 15 N–H and O–H groups in total. The van der Waals surface area contributed by atoms with Gasteiger partial charge in [0, 0.05) is 0 Å². The Morgan fingerprint density at radius 2 is 1.40 bits per heavy atom. The van der Waals surface area contributed by atoms with Gasteiger partial charge in [-0.05, 0) is 5.57 Å². The second kappa shape index (κ2) is 16.7. The first kappa shape index (κ1) is 38.1. The van der Waals surface area contributed by atoms with Crippen molar-refractivity contribution in [3.05, 3.63) is 11.6 Å². The number of carbonyl (C=O) groups is 1. The van der Waals surface area contributed by atoms with E-state index in [9.17, 15) is 76.3 Å². The van der Waals surface area contributed by atoms with Gasteiger partial charge in [0.1, 0.15) is 85.5 Å². The Kier molecular flexibility index (Phi) is 14.1. The van der Waals surface area contributed by atoms with E-state index < -0.39 is 137 Å². The summed E-state index contributed by atoms with van der Waals surface area (Å²) in [7, 11) is 0. The quantitative estimate of drug-likeness (QED) is 0.0606. The summed E-state index contributed by atoms with van der Waals surface area (Å²) in [6, 6.07) is -2.55. The minimum absolute atomic E-state index is 0.0485. The molecule has 45 heavy (non-hydrogen) atoms. The third-order valence-corrected chi connectivity index (χ3v) is 8.06. The Hall–Kier alpha value is -1.35. The summed E-state index contributed by atoms with van der Waals surface area (Å²) < 4.78 is 21.8. The fourth-order valence-corrected chi connectivity index (χ4v) is 5.39. The van der Waals surface area contributed by atoms with Crippen LogP contribution in [-0.2, 0) is 23.7 Å². The number of carbonyl (C=O) groups excluding carboxylic acids is 1. The number of hydrogen-bond acceptors (Lipinski definition) is 20. The summed E-state index contributed by atoms with van der Waals surface area (Å²) in [5.74, 6) is 0. The number of aldehydes is 1. The highest BCUT2D eigenvalue weighted by Crippen LogP contribution is 2.31. The van der Waals surface area contributed by atoms with E-state index in [1.807, 2.05) is 0 Å². The van der Waals surface area contributed by atoms with Gasteiger partial charge in [-0.1, -0.05) is 6.08 Å². The maximum Gasteiger partial charge on any atom is 0.187 e. The van der Waals surface area contributed by atoms with Gasteiger partial charge < -0.3 is 101 Å². The average molecular weight is 662 g/mol. The SMILES string of the molecule is O=CC(O)C(O)C(OC1OC(CO)C(O[C@@H]2O[C@H](CO)C(N[C@@H]3C=C(CO)[C@@H](O)C(O)[C@H]3O)[C@H](O)C2O)C(O)[C@H]1O)[C@H](O)CO. The monoisotopic (exact) mass is 661 g/mol. The number of aliphatic hydroxyl groups is 14. The van der Waals surface area contributed by atoms with Gasteiger partial charge in [-0.3, -0.25) is 0 Å². The van der Waals surface area contributed by atoms with E-state index in [0.717, 1.165) is 0 Å². The van der Waals surface area contributed by atoms with Crippen molar-refractivity contribution >= 4 is 6.29 Å². The van der Waals surface area contributed by atoms with E-state index in [4.69, 9.17) is 18.9 Å². The summed E-state index contributed by atoms with van der Waals surface area (Å²) in [6.07, 6.45) is -28.3. The molecule has 0 radical (unpaired) electrons. The van der Waals surface area contributed by atoms with Gasteiger partial charge >= 0.3 is 0 Å². The van der Waals surface area contributed by atoms with Crippen molar-refractivity contribution in [2.24, 2.45) is 0 Å². The standard InChI is InChI=1S/C25H43NO19/c27-2-7-1-8(15(35)18(38)14(7)34)26-13-11(5-30)42-24(20(40)17(13)37)45-23-12(6-31)43-25(21(41)19(23)39)44-22(10(33)4-29)16(36)9(32)3-28/h1,3,8-27,29-41H,2,4-6H2/t8-,9?,10-,11-,12?,13?,14-,15+,16?,17+,18?,19?,20?,21-,22?,23?,24+,25?/m1/s1. The van der Waals surface area contributed by atoms with Crippen LogP contribution in [0.4, 0.5) is 0 Å². The minimum atomic E-state index is -2.13. The molecule has 0 saturated carbocycles. The van der Waals surface area contributed by atoms with Crippen molar-refractivity contribution in [3.63, 3.8) is 0 Å². The molecular weight excluding hydrogens is 618 g/mol. The predicted octanol–water partition coefficient (Wildman–Crippen LogP) is -9.75. The van der Waals surface area contributed by atoms with E-state index in [1.54, 1.807) is 0 Å². The van der Waals surface area contributed by atoms with Gasteiger partial charge in [-0.2, -0.15) is 0 Å². The van der Waals surface area contributed by atoms with Gasteiger partial charge in [0.05, 0.1) is 38.5 Å². The van der Waals surface area contributed by atoms with Gasteiger partial charge in [-0.15, -0.1) is 0 Å². The summed E-state index contributed by atoms with van der Waals surface area (Å²) >= 11 is 0. The maximum absolute atomic E-state index is 10.9. The molecule has 20 nitrogen and oxygen atoms in total. The summed E-state index contributed by atoms with van der Waals surface area (Å²) in [5, 5.41) is 145. The zero-order valence-corrected chi connectivity index (χ0v) is 23.7. The lowest BCUT2D eigenvalue weighted by Gasteiger charge is -2.48. The minimum Gasteiger partial charge on any atom is -0.394 e. The van der Waals surface area contributed by atoms with Gasteiger partial charge in [0.2, 0.25) is 0 Å². The third kappa shape index (κ3) is 8.21. The number of nitrogens with one attached hydrogen (secondary N) is 1. The lowest BCUT2D eigenvalue weighted by molar-refractivity contribution is -0.362. The molecule has 262 valence electrons. The topological polar surface area (TPSA) is 349 Å². The molecule has 0 amide bonds. The first-order valence-electron chi connectivity index (χ1n) is 14.0. The van der Waals surface area contributed by atoms with Crippen molar-refractivity contribution in [3.8, 4) is 0 Å². The normalized spacial score (nSPS) is 43.6. The van der Waals surface area contributed by atoms with Crippen LogP contribution in [0.1, 0.15) is 0 Å². The van der Waals surface area contributed by atoms with Crippen molar-refractivity contribution < 1.29 is 95.2 Å². The van der Waals surface area contributed by atoms with E-state index in [1.165, 1.54) is 6.08 Å². The summed E-state index contributed by atoms with van der Waals surface area (Å²) in [5.41, 5.74) is -0.0485. The molecule has 2 fully saturated rings. The van der Waals surface area contributed by atoms with Crippen LogP contribution in [0.3, 0.4) is 0 Å². The van der Waals surface area contributed by atoms with Gasteiger partial charge in [0.15, 0.2) is 18.9 Å². The molecule has 0 aromatic heterocycles. The molecule has 2 saturated heterocycles. The summed E-state index contributed by atoms with van der Waals surface area (Å²) in [6.45, 7) is -3.46. The molecule has 0 spiro atoms. The lowest BCUT2D eigenvalue weighted by atomic mass is 9.86. The Morgan fingerprint density at radius 1 is 0.800 bits per heavy atom. The highest BCUT2D eigenvalue weighted by atomic mass is 16.7. The second-order valence-corrected chi connectivity index (χ2v) is 11.0. The van der Waals surface area contributed by atoms with Crippen molar-refractivity contribution in [2.45, 2.75) is 110 Å². The van der Waals surface area contributed by atoms with E-state index in [2.05, 4.69) is 5.32 Å². The van der Waals surface area contributed by atoms with Gasteiger partial charge in [-0.25, -0.2) is 0 Å². The van der Waals surface area contributed by atoms with E-state index in [0.29, 0.717) is 0 Å². The average Bonchev–Trinajstić information content (AvgIpc) is 3.04. The molecule has 18 atom stereocenters. The smallest absolute Gasteiger partial charge is 0.187 e. The van der Waals surface area contributed by atoms with E-state index >= 15 is 0 Å². The summed E-state index contributed by atoms with van der Waals surface area (Å²) in [4.78, 5) is 10.9. The Balaban J connectivity index is 1.74. The molecule has 10 unspecified atom stereocenters. The predicted molar refractivity (Wildman–Crippen MR) is 140 cm³/mol. The van der Waals surface area contributed by atoms with Crippen LogP contribution in [0.25, 0.3) is 0 Å². The molecule has 3 aliphatic rings. The largest absolute Gasteiger partial charge is 0.394 e. The molecule has 0 bridgehead atoms. The van der Waals surface area contributed by atoms with Crippen molar-refractivity contribution in [2.75, 3.05) is 26.4 Å². The van der Waals surface area contributed by atoms with Gasteiger partial charge in [0.25, 0.3) is 0 Å². The number of hydrogen-bond donors (Lipinski definition) is 15. The molecule has 0 aromatic carbocycles. The Morgan fingerprint density at radius 3 is 1.96 bits per heavy atom. The number of aliphatic hydroxyl groups excluding tert-OH is 14. The molecule has 1 aliphatic carbocycles. The van der Waals surface area contributed by atoms with Crippen molar-refractivity contribution in [1.29, 1.82) is 0 Å². The Labute approximate surface area is 255 Å². The molecular formula is C25H43NO19. The van der Waals surface area contributed by atoms with Crippen LogP contribution in [0.2, 0.25) is 0 Å². The highest BCUT2D eigenvalue weighted by Gasteiger charge is 2.52. The maximum atomic E-state index is 10.9. The third-order valence-electron chi connectivity index (χ3n) is 8.06. The lowest BCUT2D eigenvalue weighted by Crippen LogP contribution is -2.69. The first-order valence-corrected chi connectivity index (χ1v) is 14.0.